The summed E-state index contributed by atoms with van der Waals surface area (Å²) in [5, 5.41) is 0. The van der Waals surface area contributed by atoms with Gasteiger partial charge in [-0.15, -0.1) is 0 Å². The van der Waals surface area contributed by atoms with E-state index in [2.05, 4.69) is 29.2 Å². The molecule has 0 unspecified atom stereocenters. The van der Waals surface area contributed by atoms with Crippen LogP contribution < -0.4 is 15.4 Å². The highest BCUT2D eigenvalue weighted by Gasteiger charge is 2.02. The first-order valence-corrected chi connectivity index (χ1v) is 6.31. The quantitative estimate of drug-likeness (QED) is 0.854. The first-order valence-electron chi connectivity index (χ1n) is 6.31. The van der Waals surface area contributed by atoms with E-state index in [9.17, 15) is 0 Å². The first-order chi connectivity index (χ1) is 9.06. The third-order valence-electron chi connectivity index (χ3n) is 3.02. The van der Waals surface area contributed by atoms with Crippen LogP contribution in [0.15, 0.2) is 42.5 Å². The summed E-state index contributed by atoms with van der Waals surface area (Å²) >= 11 is 0. The van der Waals surface area contributed by atoms with Crippen molar-refractivity contribution in [2.24, 2.45) is 0 Å². The lowest BCUT2D eigenvalue weighted by atomic mass is 10.2. The number of hydrogen-bond acceptors (Lipinski definition) is 3. The van der Waals surface area contributed by atoms with Crippen molar-refractivity contribution in [3.05, 3.63) is 53.6 Å². The van der Waals surface area contributed by atoms with E-state index in [-0.39, 0.29) is 0 Å². The zero-order chi connectivity index (χ0) is 13.8. The standard InChI is InChI=1S/C16H20N2O/c1-12-4-9-15(17)16(10-12)19-11-13-5-7-14(8-6-13)18(2)3/h4-10H,11,17H2,1-3H3. The van der Waals surface area contributed by atoms with Crippen molar-refractivity contribution < 1.29 is 4.74 Å². The number of ether oxygens (including phenoxy) is 1. The summed E-state index contributed by atoms with van der Waals surface area (Å²) in [6.07, 6.45) is 0. The van der Waals surface area contributed by atoms with Crippen LogP contribution in [0.1, 0.15) is 11.1 Å². The Bertz CT molecular complexity index is 547. The van der Waals surface area contributed by atoms with Crippen molar-refractivity contribution in [2.75, 3.05) is 24.7 Å². The molecule has 2 aromatic carbocycles. The van der Waals surface area contributed by atoms with Crippen LogP contribution in [0.3, 0.4) is 0 Å². The molecule has 2 rings (SSSR count). The molecule has 0 aliphatic carbocycles. The highest BCUT2D eigenvalue weighted by Crippen LogP contribution is 2.23. The molecule has 0 saturated carbocycles. The molecule has 100 valence electrons. The molecule has 0 radical (unpaired) electrons. The van der Waals surface area contributed by atoms with E-state index < -0.39 is 0 Å². The Kier molecular flexibility index (Phi) is 3.95. The fourth-order valence-electron chi connectivity index (χ4n) is 1.82. The van der Waals surface area contributed by atoms with Gasteiger partial charge in [-0.3, -0.25) is 0 Å². The lowest BCUT2D eigenvalue weighted by molar-refractivity contribution is 0.308. The first kappa shape index (κ1) is 13.3. The molecule has 2 aromatic rings. The molecular weight excluding hydrogens is 236 g/mol. The van der Waals surface area contributed by atoms with Gasteiger partial charge in [-0.1, -0.05) is 18.2 Å². The Hall–Kier alpha value is -2.16. The number of nitrogens with two attached hydrogens (primary N) is 1. The van der Waals surface area contributed by atoms with Gasteiger partial charge >= 0.3 is 0 Å². The van der Waals surface area contributed by atoms with E-state index in [0.29, 0.717) is 12.3 Å². The molecule has 0 atom stereocenters. The van der Waals surface area contributed by atoms with Gasteiger partial charge in [-0.2, -0.15) is 0 Å². The number of benzene rings is 2. The van der Waals surface area contributed by atoms with E-state index >= 15 is 0 Å². The smallest absolute Gasteiger partial charge is 0.142 e. The third kappa shape index (κ3) is 3.41. The predicted molar refractivity (Wildman–Crippen MR) is 80.7 cm³/mol. The van der Waals surface area contributed by atoms with Crippen LogP contribution in [-0.4, -0.2) is 14.1 Å². The molecule has 3 nitrogen and oxygen atoms in total. The van der Waals surface area contributed by atoms with Crippen LogP contribution in [-0.2, 0) is 6.61 Å². The monoisotopic (exact) mass is 256 g/mol. The summed E-state index contributed by atoms with van der Waals surface area (Å²) < 4.78 is 5.77. The molecule has 0 saturated heterocycles. The zero-order valence-electron chi connectivity index (χ0n) is 11.7. The van der Waals surface area contributed by atoms with Crippen LogP contribution in [0.4, 0.5) is 11.4 Å². The van der Waals surface area contributed by atoms with Crippen molar-refractivity contribution in [2.45, 2.75) is 13.5 Å². The van der Waals surface area contributed by atoms with Crippen molar-refractivity contribution in [1.82, 2.24) is 0 Å². The molecule has 0 spiro atoms. The van der Waals surface area contributed by atoms with Crippen LogP contribution in [0.25, 0.3) is 0 Å². The van der Waals surface area contributed by atoms with Gasteiger partial charge < -0.3 is 15.4 Å². The van der Waals surface area contributed by atoms with Gasteiger partial charge in [0, 0.05) is 19.8 Å². The van der Waals surface area contributed by atoms with Crippen molar-refractivity contribution in [3.8, 4) is 5.75 Å². The maximum Gasteiger partial charge on any atom is 0.142 e. The molecule has 0 heterocycles. The topological polar surface area (TPSA) is 38.5 Å². The molecule has 0 amide bonds. The van der Waals surface area contributed by atoms with Gasteiger partial charge in [0.1, 0.15) is 12.4 Å². The minimum Gasteiger partial charge on any atom is -0.487 e. The number of nitrogens with zero attached hydrogens (tertiary/aromatic N) is 1. The van der Waals surface area contributed by atoms with Gasteiger partial charge in [0.2, 0.25) is 0 Å². The van der Waals surface area contributed by atoms with Crippen LogP contribution in [0.2, 0.25) is 0 Å². The van der Waals surface area contributed by atoms with E-state index in [1.165, 1.54) is 5.69 Å². The Labute approximate surface area is 114 Å². The lowest BCUT2D eigenvalue weighted by Crippen LogP contribution is -2.08. The molecule has 3 heteroatoms. The number of hydrogen-bond donors (Lipinski definition) is 1. The van der Waals surface area contributed by atoms with E-state index in [0.717, 1.165) is 16.9 Å². The molecule has 0 aromatic heterocycles. The predicted octanol–water partition coefficient (Wildman–Crippen LogP) is 3.22. The Balaban J connectivity index is 2.04. The summed E-state index contributed by atoms with van der Waals surface area (Å²) in [7, 11) is 4.05. The largest absolute Gasteiger partial charge is 0.487 e. The van der Waals surface area contributed by atoms with Crippen molar-refractivity contribution >= 4 is 11.4 Å². The van der Waals surface area contributed by atoms with Crippen molar-refractivity contribution in [3.63, 3.8) is 0 Å². The minimum absolute atomic E-state index is 0.529. The summed E-state index contributed by atoms with van der Waals surface area (Å²) in [6.45, 7) is 2.56. The van der Waals surface area contributed by atoms with Gasteiger partial charge in [0.15, 0.2) is 0 Å². The Morgan fingerprint density at radius 2 is 1.74 bits per heavy atom. The van der Waals surface area contributed by atoms with E-state index in [4.69, 9.17) is 10.5 Å². The van der Waals surface area contributed by atoms with Gasteiger partial charge in [-0.05, 0) is 42.3 Å². The maximum atomic E-state index is 5.89. The molecular formula is C16H20N2O. The zero-order valence-corrected chi connectivity index (χ0v) is 11.7. The second-order valence-electron chi connectivity index (χ2n) is 4.89. The summed E-state index contributed by atoms with van der Waals surface area (Å²) in [6, 6.07) is 14.1. The average Bonchev–Trinajstić information content (AvgIpc) is 2.40. The van der Waals surface area contributed by atoms with Crippen molar-refractivity contribution in [1.29, 1.82) is 0 Å². The average molecular weight is 256 g/mol. The molecule has 19 heavy (non-hydrogen) atoms. The molecule has 0 fully saturated rings. The highest BCUT2D eigenvalue weighted by molar-refractivity contribution is 5.54. The summed E-state index contributed by atoms with van der Waals surface area (Å²) in [4.78, 5) is 2.07. The Morgan fingerprint density at radius 3 is 2.37 bits per heavy atom. The highest BCUT2D eigenvalue weighted by atomic mass is 16.5. The SMILES string of the molecule is Cc1ccc(N)c(OCc2ccc(N(C)C)cc2)c1. The van der Waals surface area contributed by atoms with Gasteiger partial charge in [-0.25, -0.2) is 0 Å². The van der Waals surface area contributed by atoms with E-state index in [1.807, 2.05) is 39.2 Å². The summed E-state index contributed by atoms with van der Waals surface area (Å²) in [5.74, 6) is 0.747. The lowest BCUT2D eigenvalue weighted by Gasteiger charge is -2.13. The van der Waals surface area contributed by atoms with Crippen LogP contribution >= 0.6 is 0 Å². The van der Waals surface area contributed by atoms with Gasteiger partial charge in [0.25, 0.3) is 0 Å². The van der Waals surface area contributed by atoms with Crippen LogP contribution in [0, 0.1) is 6.92 Å². The number of rotatable bonds is 4. The third-order valence-corrected chi connectivity index (χ3v) is 3.02. The second kappa shape index (κ2) is 5.65. The van der Waals surface area contributed by atoms with E-state index in [1.54, 1.807) is 0 Å². The molecule has 0 aliphatic rings. The molecule has 0 bridgehead atoms. The number of nitrogen functional groups attached to an aromatic ring is 1. The molecule has 2 N–H and O–H groups in total. The van der Waals surface area contributed by atoms with Crippen LogP contribution in [0.5, 0.6) is 5.75 Å². The Morgan fingerprint density at radius 1 is 1.05 bits per heavy atom. The number of aryl methyl sites for hydroxylation is 1. The van der Waals surface area contributed by atoms with Gasteiger partial charge in [0.05, 0.1) is 5.69 Å². The maximum absolute atomic E-state index is 5.89. The minimum atomic E-state index is 0.529. The fourth-order valence-corrected chi connectivity index (χ4v) is 1.82. The normalized spacial score (nSPS) is 10.3. The summed E-state index contributed by atoms with van der Waals surface area (Å²) in [5.41, 5.74) is 10.0. The molecule has 0 aliphatic heterocycles. The number of anilines is 2. The fraction of sp³-hybridized carbons (Fsp3) is 0.250. The second-order valence-corrected chi connectivity index (χ2v) is 4.89.